The summed E-state index contributed by atoms with van der Waals surface area (Å²) in [6.07, 6.45) is 7.44. The molecule has 0 spiro atoms. The number of rotatable bonds is 0. The molecule has 0 atom stereocenters. The van der Waals surface area contributed by atoms with Crippen molar-refractivity contribution in [2.45, 2.75) is 0 Å². The molecule has 0 unspecified atom stereocenters. The van der Waals surface area contributed by atoms with Gasteiger partial charge in [-0.3, -0.25) is 0 Å². The third-order valence-corrected chi connectivity index (χ3v) is 0.697. The van der Waals surface area contributed by atoms with Crippen LogP contribution in [-0.2, 0) is 0 Å². The van der Waals surface area contributed by atoms with Crippen LogP contribution in [0.3, 0.4) is 0 Å². The van der Waals surface area contributed by atoms with E-state index in [1.165, 1.54) is 12.5 Å². The molecule has 3 nitrogen and oxygen atoms in total. The van der Waals surface area contributed by atoms with E-state index >= 15 is 0 Å². The van der Waals surface area contributed by atoms with Crippen LogP contribution in [0.1, 0.15) is 0 Å². The lowest BCUT2D eigenvalue weighted by Gasteiger charge is -2.17. The Bertz CT molecular complexity index is 133. The number of nitrogens with zero attached hydrogens (tertiary/aromatic N) is 2. The largest absolute Gasteiger partial charge is 0.754 e. The summed E-state index contributed by atoms with van der Waals surface area (Å²) in [4.78, 5) is 3.60. The van der Waals surface area contributed by atoms with Crippen LogP contribution in [0.4, 0.5) is 0 Å². The minimum atomic E-state index is 0.639. The van der Waals surface area contributed by atoms with E-state index < -0.39 is 0 Å². The molecule has 0 radical (unpaired) electrons. The van der Waals surface area contributed by atoms with E-state index in [2.05, 4.69) is 4.99 Å². The van der Waals surface area contributed by atoms with Gasteiger partial charge >= 0.3 is 0 Å². The normalized spacial score (nSPS) is 16.9. The first-order valence-corrected chi connectivity index (χ1v) is 2.22. The van der Waals surface area contributed by atoms with Gasteiger partial charge in [0.2, 0.25) is 0 Å². The van der Waals surface area contributed by atoms with E-state index in [9.17, 15) is 5.21 Å². The van der Waals surface area contributed by atoms with Gasteiger partial charge in [-0.25, -0.2) is 4.99 Å². The van der Waals surface area contributed by atoms with Gasteiger partial charge in [-0.05, 0) is 18.4 Å². The van der Waals surface area contributed by atoms with E-state index in [1.807, 2.05) is 0 Å². The van der Waals surface area contributed by atoms with Crippen molar-refractivity contribution in [1.82, 2.24) is 5.06 Å². The van der Waals surface area contributed by atoms with E-state index in [0.29, 0.717) is 5.06 Å². The van der Waals surface area contributed by atoms with Gasteiger partial charge in [0.1, 0.15) is 0 Å². The first-order chi connectivity index (χ1) is 3.89. The zero-order valence-corrected chi connectivity index (χ0v) is 4.19. The Morgan fingerprint density at radius 2 is 2.25 bits per heavy atom. The predicted molar refractivity (Wildman–Crippen MR) is 32.0 cm³/mol. The Morgan fingerprint density at radius 1 is 1.38 bits per heavy atom. The van der Waals surface area contributed by atoms with Crippen LogP contribution in [0.2, 0.25) is 0 Å². The van der Waals surface area contributed by atoms with Crippen molar-refractivity contribution in [2.75, 3.05) is 0 Å². The van der Waals surface area contributed by atoms with E-state index in [4.69, 9.17) is 0 Å². The molecule has 0 aromatic heterocycles. The Morgan fingerprint density at radius 3 is 3.12 bits per heavy atom. The van der Waals surface area contributed by atoms with Crippen molar-refractivity contribution >= 4 is 6.34 Å². The van der Waals surface area contributed by atoms with Gasteiger partial charge in [-0.2, -0.15) is 0 Å². The zero-order valence-electron chi connectivity index (χ0n) is 4.19. The molecule has 0 aromatic carbocycles. The average Bonchev–Trinajstić information content (AvgIpc) is 1.94. The van der Waals surface area contributed by atoms with Crippen molar-refractivity contribution in [2.24, 2.45) is 4.99 Å². The Hall–Kier alpha value is -1.09. The fraction of sp³-hybridized carbons (Fsp3) is 0. The summed E-state index contributed by atoms with van der Waals surface area (Å²) in [6, 6.07) is 0. The molecule has 0 aliphatic carbocycles. The quantitative estimate of drug-likeness (QED) is 0.462. The van der Waals surface area contributed by atoms with Crippen LogP contribution in [-0.4, -0.2) is 11.4 Å². The topological polar surface area (TPSA) is 38.7 Å². The van der Waals surface area contributed by atoms with Crippen LogP contribution in [0.15, 0.2) is 29.5 Å². The number of aliphatic imine (C=N–C) groups is 1. The zero-order chi connectivity index (χ0) is 5.82. The molecular weight excluding hydrogens is 104 g/mol. The fourth-order valence-electron chi connectivity index (χ4n) is 0.377. The van der Waals surface area contributed by atoms with E-state index in [0.717, 1.165) is 0 Å². The molecule has 1 aliphatic rings. The molecule has 8 heavy (non-hydrogen) atoms. The molecule has 0 aromatic rings. The minimum Gasteiger partial charge on any atom is -0.754 e. The molecule has 0 N–H and O–H groups in total. The fourth-order valence-corrected chi connectivity index (χ4v) is 0.377. The highest BCUT2D eigenvalue weighted by molar-refractivity contribution is 5.58. The number of hydrogen-bond acceptors (Lipinski definition) is 3. The molecule has 1 heterocycles. The maximum atomic E-state index is 10.3. The van der Waals surface area contributed by atoms with E-state index in [1.54, 1.807) is 18.4 Å². The van der Waals surface area contributed by atoms with Gasteiger partial charge in [0.25, 0.3) is 0 Å². The number of allylic oxidation sites excluding steroid dienone is 2. The average molecular weight is 109 g/mol. The second kappa shape index (κ2) is 2.28. The maximum Gasteiger partial charge on any atom is 0.0838 e. The molecule has 3 heteroatoms. The van der Waals surface area contributed by atoms with Gasteiger partial charge in [0.05, 0.1) is 6.34 Å². The van der Waals surface area contributed by atoms with Gasteiger partial charge in [-0.1, -0.05) is 0 Å². The summed E-state index contributed by atoms with van der Waals surface area (Å²) in [5.41, 5.74) is 0. The third kappa shape index (κ3) is 1.20. The molecule has 42 valence electrons. The molecule has 0 amide bonds. The van der Waals surface area contributed by atoms with Crippen molar-refractivity contribution in [1.29, 1.82) is 0 Å². The predicted octanol–water partition coefficient (Wildman–Crippen LogP) is 0.855. The monoisotopic (exact) mass is 109 g/mol. The summed E-state index contributed by atoms with van der Waals surface area (Å²) in [7, 11) is 0. The third-order valence-electron chi connectivity index (χ3n) is 0.697. The van der Waals surface area contributed by atoms with Crippen molar-refractivity contribution in [3.05, 3.63) is 29.8 Å². The highest BCUT2D eigenvalue weighted by atomic mass is 16.5. The molecule has 1 aliphatic heterocycles. The first kappa shape index (κ1) is 5.05. The number of hydroxylamine groups is 2. The Kier molecular flexibility index (Phi) is 1.44. The van der Waals surface area contributed by atoms with Gasteiger partial charge in [0.15, 0.2) is 0 Å². The van der Waals surface area contributed by atoms with Crippen LogP contribution >= 0.6 is 0 Å². The highest BCUT2D eigenvalue weighted by Crippen LogP contribution is 1.88. The van der Waals surface area contributed by atoms with Gasteiger partial charge in [0, 0.05) is 6.20 Å². The van der Waals surface area contributed by atoms with Crippen molar-refractivity contribution < 1.29 is 0 Å². The van der Waals surface area contributed by atoms with Crippen LogP contribution < -0.4 is 0 Å². The first-order valence-electron chi connectivity index (χ1n) is 2.22. The smallest absolute Gasteiger partial charge is 0.0838 e. The lowest BCUT2D eigenvalue weighted by Crippen LogP contribution is -2.01. The lowest BCUT2D eigenvalue weighted by atomic mass is 10.6. The molecular formula is C5H5N2O-. The lowest BCUT2D eigenvalue weighted by molar-refractivity contribution is 0.793. The van der Waals surface area contributed by atoms with Crippen LogP contribution in [0.5, 0.6) is 0 Å². The SMILES string of the molecule is [O-]N1C=CC=CN=C1. The van der Waals surface area contributed by atoms with Crippen molar-refractivity contribution in [3.8, 4) is 0 Å². The van der Waals surface area contributed by atoms with E-state index in [-0.39, 0.29) is 0 Å². The van der Waals surface area contributed by atoms with Crippen molar-refractivity contribution in [3.63, 3.8) is 0 Å². The maximum absolute atomic E-state index is 10.3. The molecule has 0 saturated heterocycles. The molecule has 0 bridgehead atoms. The number of hydrogen-bond donors (Lipinski definition) is 0. The molecule has 0 fully saturated rings. The van der Waals surface area contributed by atoms with Crippen LogP contribution in [0.25, 0.3) is 0 Å². The summed E-state index contributed by atoms with van der Waals surface area (Å²) >= 11 is 0. The van der Waals surface area contributed by atoms with Gasteiger partial charge < -0.3 is 10.3 Å². The summed E-state index contributed by atoms with van der Waals surface area (Å²) in [5, 5.41) is 11.0. The Labute approximate surface area is 47.2 Å². The second-order valence-corrected chi connectivity index (χ2v) is 1.31. The summed E-state index contributed by atoms with van der Waals surface area (Å²) in [6.45, 7) is 0. The minimum absolute atomic E-state index is 0.639. The standard InChI is InChI=1S/C5H5N2O/c8-7-4-2-1-3-6-5-7/h1-5H/q-1. The summed E-state index contributed by atoms with van der Waals surface area (Å²) in [5.74, 6) is 0. The molecule has 0 saturated carbocycles. The summed E-state index contributed by atoms with van der Waals surface area (Å²) < 4.78 is 0. The van der Waals surface area contributed by atoms with Gasteiger partial charge in [-0.15, -0.1) is 0 Å². The molecule has 1 rings (SSSR count). The Balaban J connectivity index is 2.66. The second-order valence-electron chi connectivity index (χ2n) is 1.31. The van der Waals surface area contributed by atoms with Crippen LogP contribution in [0, 0.1) is 5.21 Å². The highest BCUT2D eigenvalue weighted by Gasteiger charge is 1.74.